The molecule has 0 saturated heterocycles. The van der Waals surface area contributed by atoms with Gasteiger partial charge in [-0.15, -0.1) is 0 Å². The third kappa shape index (κ3) is 8.25. The number of aliphatic hydroxyl groups excluding tert-OH is 1. The third-order valence-electron chi connectivity index (χ3n) is 7.51. The van der Waals surface area contributed by atoms with Crippen molar-refractivity contribution in [3.8, 4) is 0 Å². The normalized spacial score (nSPS) is 14.6. The van der Waals surface area contributed by atoms with Crippen LogP contribution in [0.2, 0.25) is 0 Å². The van der Waals surface area contributed by atoms with Crippen molar-refractivity contribution >= 4 is 51.5 Å². The minimum absolute atomic E-state index is 0.0899. The zero-order valence-corrected chi connectivity index (χ0v) is 24.4. The summed E-state index contributed by atoms with van der Waals surface area (Å²) in [4.78, 5) is 68.9. The number of nitrogens with one attached hydrogen (secondary N) is 5. The van der Waals surface area contributed by atoms with Crippen molar-refractivity contribution < 1.29 is 39.3 Å². The summed E-state index contributed by atoms with van der Waals surface area (Å²) < 4.78 is 0. The first kappa shape index (κ1) is 32.7. The minimum Gasteiger partial charge on any atom is -0.481 e. The van der Waals surface area contributed by atoms with E-state index in [4.69, 9.17) is 10.8 Å². The molecule has 5 atom stereocenters. The fourth-order valence-electron chi connectivity index (χ4n) is 5.08. The molecule has 0 saturated carbocycles. The van der Waals surface area contributed by atoms with Crippen molar-refractivity contribution in [1.82, 2.24) is 25.9 Å². The number of benzene rings is 2. The SMILES string of the molecule is CC(O)C(NC(=O)C(N)Cc1c[nH]c2ccccc12)C(=O)NC(Cc1c[nH]c2ccccc12)C(=O)NC(CCC(=O)O)C(=O)O. The molecule has 2 heterocycles. The van der Waals surface area contributed by atoms with Crippen LogP contribution < -0.4 is 21.7 Å². The van der Waals surface area contributed by atoms with Crippen molar-refractivity contribution in [3.63, 3.8) is 0 Å². The Morgan fingerprint density at radius 1 is 0.756 bits per heavy atom. The molecule has 0 aliphatic carbocycles. The summed E-state index contributed by atoms with van der Waals surface area (Å²) in [6, 6.07) is 9.23. The second kappa shape index (κ2) is 14.5. The Kier molecular flexibility index (Phi) is 10.5. The van der Waals surface area contributed by atoms with E-state index in [1.165, 1.54) is 6.92 Å². The highest BCUT2D eigenvalue weighted by Gasteiger charge is 2.33. The van der Waals surface area contributed by atoms with Crippen LogP contribution in [0.1, 0.15) is 30.9 Å². The largest absolute Gasteiger partial charge is 0.481 e. The lowest BCUT2D eigenvalue weighted by Crippen LogP contribution is -2.60. The van der Waals surface area contributed by atoms with E-state index in [1.54, 1.807) is 24.5 Å². The van der Waals surface area contributed by atoms with Gasteiger partial charge in [0.15, 0.2) is 0 Å². The fourth-order valence-corrected chi connectivity index (χ4v) is 5.08. The maximum absolute atomic E-state index is 13.5. The van der Waals surface area contributed by atoms with Gasteiger partial charge in [0.1, 0.15) is 18.1 Å². The molecule has 0 bridgehead atoms. The Morgan fingerprint density at radius 3 is 1.82 bits per heavy atom. The molecule has 5 unspecified atom stereocenters. The molecule has 238 valence electrons. The number of aromatic nitrogens is 2. The van der Waals surface area contributed by atoms with E-state index < -0.39 is 66.4 Å². The summed E-state index contributed by atoms with van der Waals surface area (Å²) >= 11 is 0. The molecule has 0 aliphatic rings. The van der Waals surface area contributed by atoms with Crippen molar-refractivity contribution in [2.45, 2.75) is 62.9 Å². The number of carbonyl (C=O) groups is 5. The van der Waals surface area contributed by atoms with Gasteiger partial charge in [0, 0.05) is 47.0 Å². The van der Waals surface area contributed by atoms with Crippen LogP contribution >= 0.6 is 0 Å². The molecule has 0 radical (unpaired) electrons. The van der Waals surface area contributed by atoms with Gasteiger partial charge in [-0.25, -0.2) is 4.79 Å². The van der Waals surface area contributed by atoms with Gasteiger partial charge in [0.05, 0.1) is 12.1 Å². The second-order valence-electron chi connectivity index (χ2n) is 10.9. The first-order valence-electron chi connectivity index (χ1n) is 14.3. The third-order valence-corrected chi connectivity index (χ3v) is 7.51. The van der Waals surface area contributed by atoms with Crippen molar-refractivity contribution in [2.24, 2.45) is 5.73 Å². The number of aromatic amines is 2. The average Bonchev–Trinajstić information content (AvgIpc) is 3.60. The molecular weight excluding hydrogens is 584 g/mol. The Balaban J connectivity index is 1.51. The summed E-state index contributed by atoms with van der Waals surface area (Å²) in [5.74, 6) is -5.19. The Morgan fingerprint density at radius 2 is 1.29 bits per heavy atom. The maximum Gasteiger partial charge on any atom is 0.326 e. The predicted molar refractivity (Wildman–Crippen MR) is 164 cm³/mol. The number of H-pyrrole nitrogens is 2. The molecule has 2 aromatic heterocycles. The second-order valence-corrected chi connectivity index (χ2v) is 10.9. The molecule has 3 amide bonds. The summed E-state index contributed by atoms with van der Waals surface area (Å²) in [5.41, 5.74) is 9.22. The molecule has 0 fully saturated rings. The van der Waals surface area contributed by atoms with Crippen LogP contribution in [0.15, 0.2) is 60.9 Å². The number of nitrogens with two attached hydrogens (primary N) is 1. The standard InChI is InChI=1S/C31H36N6O8/c1-16(38)27(37-28(41)21(32)12-17-14-33-22-8-4-2-6-19(17)22)30(43)36-25(13-18-15-34-23-9-5-3-7-20(18)23)29(42)35-24(31(44)45)10-11-26(39)40/h2-9,14-16,21,24-25,27,33-34,38H,10-13,32H2,1H3,(H,35,42)(H,36,43)(H,37,41)(H,39,40)(H,44,45). The molecule has 0 spiro atoms. The van der Waals surface area contributed by atoms with E-state index in [0.717, 1.165) is 27.4 Å². The number of para-hydroxylation sites is 2. The van der Waals surface area contributed by atoms with Crippen molar-refractivity contribution in [2.75, 3.05) is 0 Å². The van der Waals surface area contributed by atoms with Crippen LogP contribution in [0.3, 0.4) is 0 Å². The van der Waals surface area contributed by atoms with Gasteiger partial charge in [0.25, 0.3) is 0 Å². The van der Waals surface area contributed by atoms with Gasteiger partial charge < -0.3 is 47.0 Å². The van der Waals surface area contributed by atoms with Crippen molar-refractivity contribution in [1.29, 1.82) is 0 Å². The number of aliphatic carboxylic acids is 2. The smallest absolute Gasteiger partial charge is 0.326 e. The van der Waals surface area contributed by atoms with Gasteiger partial charge in [-0.2, -0.15) is 0 Å². The highest BCUT2D eigenvalue weighted by molar-refractivity contribution is 5.95. The lowest BCUT2D eigenvalue weighted by molar-refractivity contribution is -0.143. The first-order chi connectivity index (χ1) is 21.4. The first-order valence-corrected chi connectivity index (χ1v) is 14.3. The molecule has 14 nitrogen and oxygen atoms in total. The predicted octanol–water partition coefficient (Wildman–Crippen LogP) is 0.546. The quantitative estimate of drug-likeness (QED) is 0.0900. The van der Waals surface area contributed by atoms with Crippen LogP contribution in [-0.2, 0) is 36.8 Å². The van der Waals surface area contributed by atoms with E-state index in [9.17, 15) is 34.2 Å². The minimum atomic E-state index is -1.54. The van der Waals surface area contributed by atoms with E-state index >= 15 is 0 Å². The number of rotatable bonds is 15. The zero-order chi connectivity index (χ0) is 32.7. The summed E-state index contributed by atoms with van der Waals surface area (Å²) in [6.07, 6.45) is 1.15. The number of carboxylic acids is 2. The summed E-state index contributed by atoms with van der Waals surface area (Å²) in [6.45, 7) is 1.29. The molecule has 10 N–H and O–H groups in total. The highest BCUT2D eigenvalue weighted by Crippen LogP contribution is 2.20. The van der Waals surface area contributed by atoms with E-state index in [1.807, 2.05) is 36.4 Å². The van der Waals surface area contributed by atoms with Gasteiger partial charge in [-0.3, -0.25) is 19.2 Å². The number of fused-ring (bicyclic) bond motifs is 2. The maximum atomic E-state index is 13.5. The molecule has 4 rings (SSSR count). The topological polar surface area (TPSA) is 240 Å². The highest BCUT2D eigenvalue weighted by atomic mass is 16.4. The lowest BCUT2D eigenvalue weighted by Gasteiger charge is -2.26. The fraction of sp³-hybridized carbons (Fsp3) is 0.323. The number of amides is 3. The number of carboxylic acid groups (broad SMARTS) is 2. The van der Waals surface area contributed by atoms with Crippen LogP contribution in [-0.4, -0.2) is 85.2 Å². The Labute approximate surface area is 257 Å². The van der Waals surface area contributed by atoms with Gasteiger partial charge in [-0.05, 0) is 43.0 Å². The molecule has 45 heavy (non-hydrogen) atoms. The van der Waals surface area contributed by atoms with Crippen LogP contribution in [0.5, 0.6) is 0 Å². The Bertz CT molecular complexity index is 1700. The van der Waals surface area contributed by atoms with Crippen molar-refractivity contribution in [3.05, 3.63) is 72.1 Å². The molecule has 4 aromatic rings. The summed E-state index contributed by atoms with van der Waals surface area (Å²) in [5, 5.41) is 37.9. The lowest BCUT2D eigenvalue weighted by atomic mass is 10.0. The molecule has 0 aliphatic heterocycles. The molecular formula is C31H36N6O8. The van der Waals surface area contributed by atoms with Crippen LogP contribution in [0.25, 0.3) is 21.8 Å². The van der Waals surface area contributed by atoms with E-state index in [2.05, 4.69) is 25.9 Å². The van der Waals surface area contributed by atoms with Gasteiger partial charge >= 0.3 is 11.9 Å². The summed E-state index contributed by atoms with van der Waals surface area (Å²) in [7, 11) is 0. The van der Waals surface area contributed by atoms with E-state index in [-0.39, 0.29) is 19.3 Å². The van der Waals surface area contributed by atoms with Crippen LogP contribution in [0, 0.1) is 0 Å². The molecule has 2 aromatic carbocycles. The van der Waals surface area contributed by atoms with Crippen LogP contribution in [0.4, 0.5) is 0 Å². The Hall–Kier alpha value is -5.21. The number of carbonyl (C=O) groups excluding carboxylic acids is 3. The molecule has 14 heteroatoms. The number of hydrogen-bond donors (Lipinski definition) is 9. The monoisotopic (exact) mass is 620 g/mol. The van der Waals surface area contributed by atoms with Gasteiger partial charge in [-0.1, -0.05) is 36.4 Å². The number of aliphatic hydroxyl groups is 1. The average molecular weight is 621 g/mol. The number of hydrogen-bond acceptors (Lipinski definition) is 7. The zero-order valence-electron chi connectivity index (χ0n) is 24.4. The van der Waals surface area contributed by atoms with E-state index in [0.29, 0.717) is 5.56 Å². The van der Waals surface area contributed by atoms with Gasteiger partial charge in [0.2, 0.25) is 17.7 Å².